The fraction of sp³-hybridized carbons (Fsp3) is 0.387. The van der Waals surface area contributed by atoms with Crippen LogP contribution in [0.3, 0.4) is 0 Å². The molecule has 0 bridgehead atoms. The van der Waals surface area contributed by atoms with Crippen molar-refractivity contribution in [3.8, 4) is 34.1 Å². The van der Waals surface area contributed by atoms with Gasteiger partial charge in [0.15, 0.2) is 0 Å². The molecule has 0 unspecified atom stereocenters. The number of nitrogens with zero attached hydrogens (tertiary/aromatic N) is 9. The molecule has 0 aromatic carbocycles. The van der Waals surface area contributed by atoms with Gasteiger partial charge >= 0.3 is 6.18 Å². The van der Waals surface area contributed by atoms with Crippen LogP contribution in [-0.4, -0.2) is 96.0 Å². The summed E-state index contributed by atoms with van der Waals surface area (Å²) in [4.78, 5) is 9.28. The summed E-state index contributed by atoms with van der Waals surface area (Å²) in [5.74, 6) is 0.755. The summed E-state index contributed by atoms with van der Waals surface area (Å²) < 4.78 is 80.2. The standard InChI is InChI=1S/C31H30F5N9O2/c1-19-25(15-44(41-19)18-31(34,35)36)29-23(30(32)33)4-5-26(38-29)24-12-37-45-14-22(3-6-27(24)45)47-28-7-2-20(39-40-28)13-42-8-10-43(11-9-42)21-16-46-17-21/h2-7,12,14-15,21,30H,8-11,13,16-18H2,1H3. The Balaban J connectivity index is 1.06. The molecule has 0 saturated carbocycles. The Kier molecular flexibility index (Phi) is 8.32. The Hall–Kier alpha value is -4.54. The summed E-state index contributed by atoms with van der Waals surface area (Å²) >= 11 is 0. The molecular weight excluding hydrogens is 625 g/mol. The molecule has 5 aromatic heterocycles. The fourth-order valence-corrected chi connectivity index (χ4v) is 5.81. The second kappa shape index (κ2) is 12.6. The average molecular weight is 656 g/mol. The summed E-state index contributed by atoms with van der Waals surface area (Å²) in [6.45, 7) is 6.39. The third-order valence-corrected chi connectivity index (χ3v) is 8.32. The molecule has 2 aliphatic heterocycles. The maximum Gasteiger partial charge on any atom is 0.408 e. The highest BCUT2D eigenvalue weighted by molar-refractivity contribution is 5.80. The van der Waals surface area contributed by atoms with Crippen molar-refractivity contribution in [1.29, 1.82) is 0 Å². The lowest BCUT2D eigenvalue weighted by molar-refractivity contribution is -0.142. The van der Waals surface area contributed by atoms with Gasteiger partial charge < -0.3 is 9.47 Å². The minimum absolute atomic E-state index is 0.0905. The molecule has 5 aromatic rings. The zero-order chi connectivity index (χ0) is 32.7. The first-order valence-electron chi connectivity index (χ1n) is 15.0. The second-order valence-electron chi connectivity index (χ2n) is 11.6. The molecule has 2 fully saturated rings. The lowest BCUT2D eigenvalue weighted by Crippen LogP contribution is -2.56. The van der Waals surface area contributed by atoms with Gasteiger partial charge in [0, 0.05) is 61.7 Å². The third-order valence-electron chi connectivity index (χ3n) is 8.32. The van der Waals surface area contributed by atoms with Crippen molar-refractivity contribution in [3.05, 3.63) is 71.9 Å². The monoisotopic (exact) mass is 655 g/mol. The van der Waals surface area contributed by atoms with Gasteiger partial charge in [-0.15, -0.1) is 5.10 Å². The lowest BCUT2D eigenvalue weighted by Gasteiger charge is -2.42. The summed E-state index contributed by atoms with van der Waals surface area (Å²) in [5, 5.41) is 16.8. The van der Waals surface area contributed by atoms with Gasteiger partial charge in [-0.3, -0.25) is 14.5 Å². The second-order valence-corrected chi connectivity index (χ2v) is 11.6. The van der Waals surface area contributed by atoms with E-state index in [2.05, 4.69) is 35.2 Å². The maximum absolute atomic E-state index is 14.0. The normalized spacial score (nSPS) is 16.7. The molecule has 2 aliphatic rings. The topological polar surface area (TPSA) is 98.7 Å². The van der Waals surface area contributed by atoms with E-state index in [-0.39, 0.29) is 17.0 Å². The molecular formula is C31H30F5N9O2. The first kappa shape index (κ1) is 31.1. The van der Waals surface area contributed by atoms with Crippen molar-refractivity contribution in [2.75, 3.05) is 39.4 Å². The zero-order valence-corrected chi connectivity index (χ0v) is 25.2. The smallest absolute Gasteiger partial charge is 0.408 e. The van der Waals surface area contributed by atoms with E-state index in [0.29, 0.717) is 45.7 Å². The molecule has 246 valence electrons. The molecule has 0 amide bonds. The molecule has 0 N–H and O–H groups in total. The average Bonchev–Trinajstić information content (AvgIpc) is 3.59. The Morgan fingerprint density at radius 2 is 1.77 bits per heavy atom. The predicted octanol–water partition coefficient (Wildman–Crippen LogP) is 5.17. The summed E-state index contributed by atoms with van der Waals surface area (Å²) in [6, 6.07) is 10.3. The largest absolute Gasteiger partial charge is 0.436 e. The molecule has 0 atom stereocenters. The molecule has 2 saturated heterocycles. The van der Waals surface area contributed by atoms with Crippen molar-refractivity contribution in [2.24, 2.45) is 0 Å². The molecule has 0 aliphatic carbocycles. The first-order chi connectivity index (χ1) is 22.6. The third kappa shape index (κ3) is 6.80. The van der Waals surface area contributed by atoms with E-state index in [9.17, 15) is 22.0 Å². The van der Waals surface area contributed by atoms with Crippen LogP contribution in [0.15, 0.2) is 55.0 Å². The van der Waals surface area contributed by atoms with E-state index in [1.165, 1.54) is 25.3 Å². The van der Waals surface area contributed by atoms with Gasteiger partial charge in [0.05, 0.1) is 59.9 Å². The molecule has 47 heavy (non-hydrogen) atoms. The van der Waals surface area contributed by atoms with E-state index in [1.807, 2.05) is 6.07 Å². The van der Waals surface area contributed by atoms with E-state index in [4.69, 9.17) is 9.47 Å². The molecule has 11 nitrogen and oxygen atoms in total. The van der Waals surface area contributed by atoms with Crippen LogP contribution in [0.25, 0.3) is 28.0 Å². The molecule has 0 spiro atoms. The number of hydrogen-bond acceptors (Lipinski definition) is 9. The van der Waals surface area contributed by atoms with Gasteiger partial charge in [-0.25, -0.2) is 18.3 Å². The Morgan fingerprint density at radius 1 is 0.957 bits per heavy atom. The van der Waals surface area contributed by atoms with Crippen LogP contribution >= 0.6 is 0 Å². The number of rotatable bonds is 9. The van der Waals surface area contributed by atoms with Crippen LogP contribution in [0.5, 0.6) is 11.6 Å². The highest BCUT2D eigenvalue weighted by atomic mass is 19.4. The summed E-state index contributed by atoms with van der Waals surface area (Å²) in [7, 11) is 0. The maximum atomic E-state index is 14.0. The van der Waals surface area contributed by atoms with Gasteiger partial charge in [-0.05, 0) is 37.3 Å². The van der Waals surface area contributed by atoms with Gasteiger partial charge in [-0.2, -0.15) is 28.5 Å². The van der Waals surface area contributed by atoms with Gasteiger partial charge in [0.1, 0.15) is 12.3 Å². The van der Waals surface area contributed by atoms with Crippen LogP contribution in [0.1, 0.15) is 23.4 Å². The minimum atomic E-state index is -4.52. The minimum Gasteiger partial charge on any atom is -0.436 e. The van der Waals surface area contributed by atoms with Crippen LogP contribution in [-0.2, 0) is 17.8 Å². The fourth-order valence-electron chi connectivity index (χ4n) is 5.81. The van der Waals surface area contributed by atoms with Gasteiger partial charge in [-0.1, -0.05) is 0 Å². The van der Waals surface area contributed by atoms with Crippen LogP contribution in [0.2, 0.25) is 0 Å². The zero-order valence-electron chi connectivity index (χ0n) is 25.2. The molecule has 7 rings (SSSR count). The number of halogens is 5. The number of fused-ring (bicyclic) bond motifs is 1. The van der Waals surface area contributed by atoms with Crippen molar-refractivity contribution >= 4 is 5.52 Å². The Bertz CT molecular complexity index is 1860. The Labute approximate surface area is 265 Å². The molecule has 7 heterocycles. The van der Waals surface area contributed by atoms with Crippen molar-refractivity contribution < 1.29 is 31.4 Å². The van der Waals surface area contributed by atoms with Gasteiger partial charge in [0.25, 0.3) is 6.43 Å². The number of piperazine rings is 1. The molecule has 16 heteroatoms. The predicted molar refractivity (Wildman–Crippen MR) is 159 cm³/mol. The van der Waals surface area contributed by atoms with E-state index in [0.717, 1.165) is 51.3 Å². The van der Waals surface area contributed by atoms with Crippen molar-refractivity contribution in [2.45, 2.75) is 38.7 Å². The van der Waals surface area contributed by atoms with Crippen LogP contribution in [0.4, 0.5) is 22.0 Å². The van der Waals surface area contributed by atoms with Gasteiger partial charge in [0.2, 0.25) is 5.88 Å². The van der Waals surface area contributed by atoms with E-state index in [1.54, 1.807) is 28.9 Å². The number of pyridine rings is 2. The first-order valence-corrected chi connectivity index (χ1v) is 15.0. The highest BCUT2D eigenvalue weighted by Gasteiger charge is 2.30. The van der Waals surface area contributed by atoms with Crippen LogP contribution in [0, 0.1) is 6.92 Å². The van der Waals surface area contributed by atoms with E-state index < -0.39 is 24.7 Å². The SMILES string of the molecule is Cc1nn(CC(F)(F)F)cc1-c1nc(-c2cnn3cc(Oc4ccc(CN5CCN(C6COC6)CC5)nn4)ccc23)ccc1C(F)F. The van der Waals surface area contributed by atoms with E-state index >= 15 is 0 Å². The lowest BCUT2D eigenvalue weighted by atomic mass is 10.0. The number of ether oxygens (including phenoxy) is 2. The van der Waals surface area contributed by atoms with Crippen LogP contribution < -0.4 is 4.74 Å². The number of aromatic nitrogens is 7. The number of hydrogen-bond donors (Lipinski definition) is 0. The number of alkyl halides is 5. The molecule has 0 radical (unpaired) electrons. The summed E-state index contributed by atoms with van der Waals surface area (Å²) in [5.41, 5.74) is 1.99. The number of aryl methyl sites for hydroxylation is 1. The highest BCUT2D eigenvalue weighted by Crippen LogP contribution is 2.35. The quantitative estimate of drug-likeness (QED) is 0.199. The van der Waals surface area contributed by atoms with Crippen molar-refractivity contribution in [1.82, 2.24) is 44.4 Å². The van der Waals surface area contributed by atoms with Crippen molar-refractivity contribution in [3.63, 3.8) is 0 Å². The summed E-state index contributed by atoms with van der Waals surface area (Å²) in [6.07, 6.45) is -3.17. The Morgan fingerprint density at radius 3 is 2.45 bits per heavy atom.